The van der Waals surface area contributed by atoms with Gasteiger partial charge >= 0.3 is 0 Å². The van der Waals surface area contributed by atoms with Gasteiger partial charge in [0.25, 0.3) is 5.89 Å². The van der Waals surface area contributed by atoms with Gasteiger partial charge in [-0.3, -0.25) is 0 Å². The summed E-state index contributed by atoms with van der Waals surface area (Å²) >= 11 is 0. The van der Waals surface area contributed by atoms with Crippen molar-refractivity contribution in [3.05, 3.63) is 36.0 Å². The van der Waals surface area contributed by atoms with Crippen molar-refractivity contribution in [2.24, 2.45) is 0 Å². The number of anilines is 1. The smallest absolute Gasteiger partial charge is 0.253 e. The van der Waals surface area contributed by atoms with E-state index < -0.39 is 0 Å². The maximum Gasteiger partial charge on any atom is 0.253 e. The lowest BCUT2D eigenvalue weighted by atomic mass is 10.3. The summed E-state index contributed by atoms with van der Waals surface area (Å²) in [5.74, 6) is 1.72. The van der Waals surface area contributed by atoms with Crippen LogP contribution in [0.1, 0.15) is 11.8 Å². The molecule has 5 nitrogen and oxygen atoms in total. The molecule has 94 valence electrons. The minimum atomic E-state index is 0. The molecule has 0 radical (unpaired) electrons. The van der Waals surface area contributed by atoms with Gasteiger partial charge in [0.15, 0.2) is 6.61 Å². The standard InChI is InChI=1S/C10H11N3O2.2ClH/c1-7-12-13-10(15-7)6-14-9-4-2-8(11)3-5-9;;/h2-5H,6,11H2,1H3;2*1H. The summed E-state index contributed by atoms with van der Waals surface area (Å²) in [6.45, 7) is 2.00. The molecule has 1 aromatic heterocycles. The minimum absolute atomic E-state index is 0. The van der Waals surface area contributed by atoms with Crippen LogP contribution in [-0.2, 0) is 6.61 Å². The number of rotatable bonds is 3. The van der Waals surface area contributed by atoms with Gasteiger partial charge in [-0.25, -0.2) is 0 Å². The second-order valence-electron chi connectivity index (χ2n) is 3.07. The molecule has 7 heteroatoms. The fraction of sp³-hybridized carbons (Fsp3) is 0.200. The predicted molar refractivity (Wildman–Crippen MR) is 68.7 cm³/mol. The van der Waals surface area contributed by atoms with E-state index in [4.69, 9.17) is 14.9 Å². The zero-order valence-electron chi connectivity index (χ0n) is 9.12. The lowest BCUT2D eigenvalue weighted by Gasteiger charge is -2.02. The van der Waals surface area contributed by atoms with Crippen LogP contribution >= 0.6 is 24.8 Å². The maximum absolute atomic E-state index is 5.54. The van der Waals surface area contributed by atoms with Crippen LogP contribution in [0.15, 0.2) is 28.7 Å². The highest BCUT2D eigenvalue weighted by atomic mass is 35.5. The van der Waals surface area contributed by atoms with E-state index in [2.05, 4.69) is 10.2 Å². The van der Waals surface area contributed by atoms with Crippen molar-refractivity contribution in [1.82, 2.24) is 10.2 Å². The summed E-state index contributed by atoms with van der Waals surface area (Å²) in [5, 5.41) is 7.51. The first kappa shape index (κ1) is 15.5. The summed E-state index contributed by atoms with van der Waals surface area (Å²) in [7, 11) is 0. The molecule has 0 aliphatic rings. The Kier molecular flexibility index (Phi) is 6.38. The third-order valence-corrected chi connectivity index (χ3v) is 1.81. The number of aromatic nitrogens is 2. The number of nitrogens with zero attached hydrogens (tertiary/aromatic N) is 2. The fourth-order valence-electron chi connectivity index (χ4n) is 1.10. The molecule has 0 fully saturated rings. The summed E-state index contributed by atoms with van der Waals surface area (Å²) < 4.78 is 10.6. The van der Waals surface area contributed by atoms with Crippen molar-refractivity contribution in [2.75, 3.05) is 5.73 Å². The van der Waals surface area contributed by atoms with E-state index in [0.29, 0.717) is 17.5 Å². The molecule has 0 atom stereocenters. The van der Waals surface area contributed by atoms with E-state index in [1.54, 1.807) is 31.2 Å². The molecule has 17 heavy (non-hydrogen) atoms. The molecule has 2 rings (SSSR count). The van der Waals surface area contributed by atoms with Crippen molar-refractivity contribution in [1.29, 1.82) is 0 Å². The van der Waals surface area contributed by atoms with Crippen molar-refractivity contribution in [3.63, 3.8) is 0 Å². The lowest BCUT2D eigenvalue weighted by molar-refractivity contribution is 0.260. The molecule has 1 aromatic carbocycles. The molecule has 0 saturated heterocycles. The van der Waals surface area contributed by atoms with E-state index in [1.807, 2.05) is 0 Å². The van der Waals surface area contributed by atoms with Gasteiger partial charge in [0.1, 0.15) is 5.75 Å². The minimum Gasteiger partial charge on any atom is -0.484 e. The monoisotopic (exact) mass is 277 g/mol. The number of aryl methyl sites for hydroxylation is 1. The highest BCUT2D eigenvalue weighted by Gasteiger charge is 2.02. The van der Waals surface area contributed by atoms with Crippen molar-refractivity contribution in [3.8, 4) is 5.75 Å². The molecular formula is C10H13Cl2N3O2. The number of nitrogen functional groups attached to an aromatic ring is 1. The van der Waals surface area contributed by atoms with Gasteiger partial charge < -0.3 is 14.9 Å². The fourth-order valence-corrected chi connectivity index (χ4v) is 1.10. The Morgan fingerprint density at radius 3 is 2.35 bits per heavy atom. The number of benzene rings is 1. The molecule has 2 N–H and O–H groups in total. The van der Waals surface area contributed by atoms with Gasteiger partial charge in [0.05, 0.1) is 0 Å². The first-order valence-electron chi connectivity index (χ1n) is 4.51. The second kappa shape index (κ2) is 6.98. The van der Waals surface area contributed by atoms with Crippen LogP contribution in [0.3, 0.4) is 0 Å². The maximum atomic E-state index is 5.54. The first-order valence-corrected chi connectivity index (χ1v) is 4.51. The van der Waals surface area contributed by atoms with Crippen molar-refractivity contribution < 1.29 is 9.15 Å². The Morgan fingerprint density at radius 1 is 1.18 bits per heavy atom. The van der Waals surface area contributed by atoms with Crippen LogP contribution in [0, 0.1) is 6.92 Å². The topological polar surface area (TPSA) is 74.2 Å². The highest BCUT2D eigenvalue weighted by molar-refractivity contribution is 5.85. The Labute approximate surface area is 111 Å². The van der Waals surface area contributed by atoms with Crippen LogP contribution in [0.5, 0.6) is 5.75 Å². The van der Waals surface area contributed by atoms with E-state index in [9.17, 15) is 0 Å². The Balaban J connectivity index is 0.00000128. The van der Waals surface area contributed by atoms with E-state index in [1.165, 1.54) is 0 Å². The quantitative estimate of drug-likeness (QED) is 0.872. The predicted octanol–water partition coefficient (Wildman–Crippen LogP) is 2.38. The molecule has 2 aromatic rings. The summed E-state index contributed by atoms with van der Waals surface area (Å²) in [6, 6.07) is 7.12. The van der Waals surface area contributed by atoms with Crippen LogP contribution in [0.2, 0.25) is 0 Å². The van der Waals surface area contributed by atoms with Crippen LogP contribution in [0.4, 0.5) is 5.69 Å². The number of nitrogens with two attached hydrogens (primary N) is 1. The van der Waals surface area contributed by atoms with Gasteiger partial charge in [-0.2, -0.15) is 0 Å². The van der Waals surface area contributed by atoms with Crippen LogP contribution in [-0.4, -0.2) is 10.2 Å². The number of hydrogen-bond donors (Lipinski definition) is 1. The average Bonchev–Trinajstić information content (AvgIpc) is 2.64. The van der Waals surface area contributed by atoms with Gasteiger partial charge in [-0.1, -0.05) is 0 Å². The molecule has 1 heterocycles. The van der Waals surface area contributed by atoms with Crippen LogP contribution < -0.4 is 10.5 Å². The molecule has 0 bridgehead atoms. The lowest BCUT2D eigenvalue weighted by Crippen LogP contribution is -1.95. The average molecular weight is 278 g/mol. The Bertz CT molecular complexity index is 445. The molecule has 0 spiro atoms. The van der Waals surface area contributed by atoms with Gasteiger partial charge in [-0.05, 0) is 24.3 Å². The summed E-state index contributed by atoms with van der Waals surface area (Å²) in [6.07, 6.45) is 0. The van der Waals surface area contributed by atoms with Crippen molar-refractivity contribution in [2.45, 2.75) is 13.5 Å². The molecule has 0 unspecified atom stereocenters. The Hall–Kier alpha value is -1.46. The zero-order valence-corrected chi connectivity index (χ0v) is 10.8. The van der Waals surface area contributed by atoms with Crippen molar-refractivity contribution >= 4 is 30.5 Å². The highest BCUT2D eigenvalue weighted by Crippen LogP contribution is 2.14. The van der Waals surface area contributed by atoms with E-state index in [0.717, 1.165) is 5.75 Å². The molecule has 0 saturated carbocycles. The first-order chi connectivity index (χ1) is 7.24. The van der Waals surface area contributed by atoms with E-state index >= 15 is 0 Å². The zero-order chi connectivity index (χ0) is 10.7. The SMILES string of the molecule is Cc1nnc(COc2ccc(N)cc2)o1.Cl.Cl. The number of ether oxygens (including phenoxy) is 1. The Morgan fingerprint density at radius 2 is 1.82 bits per heavy atom. The van der Waals surface area contributed by atoms with Gasteiger partial charge in [0, 0.05) is 12.6 Å². The third kappa shape index (κ3) is 4.50. The largest absolute Gasteiger partial charge is 0.484 e. The number of halogens is 2. The third-order valence-electron chi connectivity index (χ3n) is 1.81. The molecular weight excluding hydrogens is 265 g/mol. The molecule has 0 amide bonds. The summed E-state index contributed by atoms with van der Waals surface area (Å²) in [4.78, 5) is 0. The normalized spacial score (nSPS) is 9.00. The number of hydrogen-bond acceptors (Lipinski definition) is 5. The van der Waals surface area contributed by atoms with Gasteiger partial charge in [-0.15, -0.1) is 35.0 Å². The van der Waals surface area contributed by atoms with E-state index in [-0.39, 0.29) is 31.4 Å². The van der Waals surface area contributed by atoms with Crippen LogP contribution in [0.25, 0.3) is 0 Å². The summed E-state index contributed by atoms with van der Waals surface area (Å²) in [5.41, 5.74) is 6.25. The molecule has 0 aliphatic carbocycles. The molecule has 0 aliphatic heterocycles. The second-order valence-corrected chi connectivity index (χ2v) is 3.07. The van der Waals surface area contributed by atoms with Gasteiger partial charge in [0.2, 0.25) is 5.89 Å².